The zero-order chi connectivity index (χ0) is 22.3. The first-order valence-electron chi connectivity index (χ1n) is 9.96. The van der Waals surface area contributed by atoms with Gasteiger partial charge in [0.1, 0.15) is 16.5 Å². The van der Waals surface area contributed by atoms with Gasteiger partial charge in [0.15, 0.2) is 0 Å². The molecular weight excluding hydrogens is 448 g/mol. The number of benzene rings is 2. The number of piperazine rings is 1. The number of hydrogen-bond donors (Lipinski definition) is 0. The first-order valence-corrected chi connectivity index (χ1v) is 11.8. The van der Waals surface area contributed by atoms with Gasteiger partial charge in [-0.25, -0.2) is 17.2 Å². The molecule has 1 amide bonds. The maximum Gasteiger partial charge on any atom is 0.267 e. The Morgan fingerprint density at radius 1 is 1.13 bits per heavy atom. The van der Waals surface area contributed by atoms with Crippen molar-refractivity contribution in [3.8, 4) is 0 Å². The number of halogens is 3. The summed E-state index contributed by atoms with van der Waals surface area (Å²) < 4.78 is 55.6. The molecule has 6 nitrogen and oxygen atoms in total. The molecule has 2 aromatic carbocycles. The molecule has 0 N–H and O–H groups in total. The minimum Gasteiger partial charge on any atom is -0.336 e. The van der Waals surface area contributed by atoms with Crippen LogP contribution < -0.4 is 4.31 Å². The van der Waals surface area contributed by atoms with E-state index in [0.29, 0.717) is 17.4 Å². The van der Waals surface area contributed by atoms with Crippen molar-refractivity contribution in [2.45, 2.75) is 23.8 Å². The molecule has 0 unspecified atom stereocenters. The van der Waals surface area contributed by atoms with Crippen molar-refractivity contribution in [3.05, 3.63) is 58.6 Å². The van der Waals surface area contributed by atoms with Gasteiger partial charge < -0.3 is 4.90 Å². The van der Waals surface area contributed by atoms with Crippen LogP contribution in [-0.4, -0.2) is 63.4 Å². The number of amides is 1. The molecule has 2 fully saturated rings. The smallest absolute Gasteiger partial charge is 0.267 e. The summed E-state index contributed by atoms with van der Waals surface area (Å²) in [5.41, 5.74) is -0.322. The molecule has 2 saturated heterocycles. The Labute approximate surface area is 185 Å². The fourth-order valence-electron chi connectivity index (χ4n) is 4.22. The Kier molecular flexibility index (Phi) is 5.93. The lowest BCUT2D eigenvalue weighted by atomic mass is 10.1. The fraction of sp³-hybridized carbons (Fsp3) is 0.381. The van der Waals surface area contributed by atoms with Gasteiger partial charge in [-0.1, -0.05) is 23.7 Å². The van der Waals surface area contributed by atoms with Crippen molar-refractivity contribution in [1.29, 1.82) is 0 Å². The van der Waals surface area contributed by atoms with Crippen LogP contribution in [0.2, 0.25) is 5.02 Å². The minimum absolute atomic E-state index is 0.0879. The van der Waals surface area contributed by atoms with Gasteiger partial charge in [-0.2, -0.15) is 0 Å². The van der Waals surface area contributed by atoms with Crippen molar-refractivity contribution < 1.29 is 22.0 Å². The number of nitrogens with zero attached hydrogens (tertiary/aromatic N) is 3. The van der Waals surface area contributed by atoms with E-state index < -0.39 is 32.5 Å². The summed E-state index contributed by atoms with van der Waals surface area (Å²) in [5, 5.41) is -0.163. The Morgan fingerprint density at radius 3 is 2.61 bits per heavy atom. The second-order valence-electron chi connectivity index (χ2n) is 7.77. The van der Waals surface area contributed by atoms with Crippen LogP contribution in [0.5, 0.6) is 0 Å². The third kappa shape index (κ3) is 4.02. The monoisotopic (exact) mass is 469 g/mol. The SMILES string of the molecule is CN(c1ccccc1F)S(=O)(=O)c1cc(C(=O)N2CCN3CCC[C@@H]3C2)c(Cl)cc1F. The maximum absolute atomic E-state index is 14.7. The normalized spacial score (nSPS) is 19.4. The molecule has 0 saturated carbocycles. The van der Waals surface area contributed by atoms with Gasteiger partial charge in [-0.15, -0.1) is 0 Å². The second-order valence-corrected chi connectivity index (χ2v) is 10.1. The molecule has 2 aromatic rings. The predicted octanol–water partition coefficient (Wildman–Crippen LogP) is 3.36. The third-order valence-corrected chi connectivity index (χ3v) is 8.06. The quantitative estimate of drug-likeness (QED) is 0.689. The fourth-order valence-corrected chi connectivity index (χ4v) is 5.73. The molecule has 166 valence electrons. The summed E-state index contributed by atoms with van der Waals surface area (Å²) in [6, 6.07) is 7.32. The van der Waals surface area contributed by atoms with Crippen molar-refractivity contribution in [1.82, 2.24) is 9.80 Å². The van der Waals surface area contributed by atoms with Crippen LogP contribution in [-0.2, 0) is 10.0 Å². The first kappa shape index (κ1) is 22.0. The Morgan fingerprint density at radius 2 is 1.87 bits per heavy atom. The number of sulfonamides is 1. The van der Waals surface area contributed by atoms with E-state index in [1.54, 1.807) is 4.90 Å². The molecular formula is C21H22ClF2N3O3S. The molecule has 0 aliphatic carbocycles. The molecule has 0 bridgehead atoms. The zero-order valence-corrected chi connectivity index (χ0v) is 18.5. The number of para-hydroxylation sites is 1. The van der Waals surface area contributed by atoms with Crippen LogP contribution in [0, 0.1) is 11.6 Å². The van der Waals surface area contributed by atoms with Crippen LogP contribution >= 0.6 is 11.6 Å². The standard InChI is InChI=1S/C21H22ClF2N3O3S/c1-25(19-7-3-2-6-17(19)23)31(29,30)20-11-15(16(22)12-18(20)24)21(28)27-10-9-26-8-4-5-14(26)13-27/h2-3,6-7,11-12,14H,4-5,8-10,13H2,1H3/t14-/m1/s1. The number of carbonyl (C=O) groups excluding carboxylic acids is 1. The van der Waals surface area contributed by atoms with Gasteiger partial charge in [-0.05, 0) is 43.7 Å². The molecule has 31 heavy (non-hydrogen) atoms. The summed E-state index contributed by atoms with van der Waals surface area (Å²) in [5.74, 6) is -2.32. The third-order valence-electron chi connectivity index (χ3n) is 5.96. The van der Waals surface area contributed by atoms with Crippen LogP contribution in [0.15, 0.2) is 41.3 Å². The highest BCUT2D eigenvalue weighted by atomic mass is 35.5. The minimum atomic E-state index is -4.48. The van der Waals surface area contributed by atoms with E-state index >= 15 is 0 Å². The molecule has 0 aromatic heterocycles. The number of hydrogen-bond acceptors (Lipinski definition) is 4. The van der Waals surface area contributed by atoms with Crippen LogP contribution in [0.1, 0.15) is 23.2 Å². The summed E-state index contributed by atoms with van der Waals surface area (Å²) in [6.07, 6.45) is 2.07. The van der Waals surface area contributed by atoms with Gasteiger partial charge in [0.2, 0.25) is 0 Å². The summed E-state index contributed by atoms with van der Waals surface area (Å²) in [4.78, 5) is 16.4. The molecule has 10 heteroatoms. The van der Waals surface area contributed by atoms with Gasteiger partial charge in [-0.3, -0.25) is 14.0 Å². The van der Waals surface area contributed by atoms with Gasteiger partial charge in [0.25, 0.3) is 15.9 Å². The summed E-state index contributed by atoms with van der Waals surface area (Å²) in [7, 11) is -3.35. The topological polar surface area (TPSA) is 60.9 Å². The van der Waals surface area contributed by atoms with Crippen LogP contribution in [0.25, 0.3) is 0 Å². The lowest BCUT2D eigenvalue weighted by molar-refractivity contribution is 0.0571. The highest BCUT2D eigenvalue weighted by molar-refractivity contribution is 7.92. The molecule has 4 rings (SSSR count). The lowest BCUT2D eigenvalue weighted by Gasteiger charge is -2.37. The zero-order valence-electron chi connectivity index (χ0n) is 16.9. The van der Waals surface area contributed by atoms with Crippen LogP contribution in [0.3, 0.4) is 0 Å². The van der Waals surface area contributed by atoms with Crippen molar-refractivity contribution in [2.75, 3.05) is 37.5 Å². The number of carbonyl (C=O) groups is 1. The van der Waals surface area contributed by atoms with Crippen molar-refractivity contribution in [3.63, 3.8) is 0 Å². The van der Waals surface area contributed by atoms with E-state index in [-0.39, 0.29) is 22.3 Å². The van der Waals surface area contributed by atoms with Crippen molar-refractivity contribution >= 4 is 33.2 Å². The van der Waals surface area contributed by atoms with Gasteiger partial charge in [0, 0.05) is 32.7 Å². The Balaban J connectivity index is 1.68. The van der Waals surface area contributed by atoms with E-state index in [2.05, 4.69) is 4.90 Å². The van der Waals surface area contributed by atoms with Crippen LogP contribution in [0.4, 0.5) is 14.5 Å². The van der Waals surface area contributed by atoms with E-state index in [4.69, 9.17) is 11.6 Å². The van der Waals surface area contributed by atoms with E-state index in [1.165, 1.54) is 18.2 Å². The maximum atomic E-state index is 14.7. The number of rotatable bonds is 4. The van der Waals surface area contributed by atoms with E-state index in [9.17, 15) is 22.0 Å². The summed E-state index contributed by atoms with van der Waals surface area (Å²) >= 11 is 6.13. The lowest BCUT2D eigenvalue weighted by Crippen LogP contribution is -2.52. The predicted molar refractivity (Wildman–Crippen MR) is 114 cm³/mol. The average Bonchev–Trinajstić information content (AvgIpc) is 3.21. The van der Waals surface area contributed by atoms with Gasteiger partial charge in [0.05, 0.1) is 16.3 Å². The molecule has 2 heterocycles. The molecule has 2 aliphatic rings. The molecule has 0 spiro atoms. The summed E-state index contributed by atoms with van der Waals surface area (Å²) in [6.45, 7) is 2.75. The highest BCUT2D eigenvalue weighted by Crippen LogP contribution is 2.31. The first-order chi connectivity index (χ1) is 14.7. The molecule has 2 aliphatic heterocycles. The second kappa shape index (κ2) is 8.37. The average molecular weight is 470 g/mol. The van der Waals surface area contributed by atoms with Gasteiger partial charge >= 0.3 is 0 Å². The van der Waals surface area contributed by atoms with E-state index in [0.717, 1.165) is 51.2 Å². The highest BCUT2D eigenvalue weighted by Gasteiger charge is 2.35. The van der Waals surface area contributed by atoms with E-state index in [1.807, 2.05) is 0 Å². The molecule has 0 radical (unpaired) electrons. The number of anilines is 1. The van der Waals surface area contributed by atoms with Crippen molar-refractivity contribution in [2.24, 2.45) is 0 Å². The number of fused-ring (bicyclic) bond motifs is 1. The Bertz CT molecular complexity index is 1130. The molecule has 1 atom stereocenters. The largest absolute Gasteiger partial charge is 0.336 e. The Hall–Kier alpha value is -2.23.